The molecule has 2 aromatic heterocycles. The zero-order valence-corrected chi connectivity index (χ0v) is 22.9. The number of aromatic nitrogens is 2. The van der Waals surface area contributed by atoms with E-state index in [1.807, 2.05) is 31.2 Å². The molecule has 0 saturated carbocycles. The van der Waals surface area contributed by atoms with Crippen LogP contribution < -0.4 is 16.0 Å². The fourth-order valence-electron chi connectivity index (χ4n) is 4.44. The SMILES string of the molecule is Cc1ccc(C2C(C#N)=C(N)N(c3nnc(SCC(=O)Nc4cccc(Br)c4)s3)C3=C2C(=O)CCC3)o1. The van der Waals surface area contributed by atoms with Crippen molar-refractivity contribution in [1.29, 1.82) is 5.26 Å². The maximum atomic E-state index is 13.1. The molecule has 1 amide bonds. The van der Waals surface area contributed by atoms with Crippen molar-refractivity contribution in [3.05, 3.63) is 75.1 Å². The van der Waals surface area contributed by atoms with Crippen molar-refractivity contribution in [3.63, 3.8) is 0 Å². The van der Waals surface area contributed by atoms with Gasteiger partial charge in [0.15, 0.2) is 10.1 Å². The molecule has 1 atom stereocenters. The van der Waals surface area contributed by atoms with Gasteiger partial charge >= 0.3 is 0 Å². The van der Waals surface area contributed by atoms with Gasteiger partial charge in [-0.2, -0.15) is 5.26 Å². The molecule has 1 aliphatic carbocycles. The van der Waals surface area contributed by atoms with E-state index in [0.29, 0.717) is 57.2 Å². The Hall–Kier alpha value is -3.40. The third-order valence-corrected chi connectivity index (χ3v) is 8.52. The lowest BCUT2D eigenvalue weighted by Gasteiger charge is -2.37. The predicted molar refractivity (Wildman–Crippen MR) is 145 cm³/mol. The van der Waals surface area contributed by atoms with Gasteiger partial charge < -0.3 is 15.5 Å². The number of nitrogens with zero attached hydrogens (tertiary/aromatic N) is 4. The van der Waals surface area contributed by atoms with Crippen molar-refractivity contribution in [2.75, 3.05) is 16.0 Å². The highest BCUT2D eigenvalue weighted by Gasteiger charge is 2.42. The summed E-state index contributed by atoms with van der Waals surface area (Å²) in [5.41, 5.74) is 8.70. The molecule has 0 bridgehead atoms. The number of thioether (sulfide) groups is 1. The number of allylic oxidation sites excluding steroid dienone is 3. The average molecular weight is 598 g/mol. The van der Waals surface area contributed by atoms with E-state index in [4.69, 9.17) is 10.2 Å². The number of nitriles is 1. The molecule has 2 aliphatic rings. The monoisotopic (exact) mass is 596 g/mol. The second-order valence-corrected chi connectivity index (χ2v) is 11.6. The van der Waals surface area contributed by atoms with E-state index in [2.05, 4.69) is 37.5 Å². The Morgan fingerprint density at radius 1 is 1.35 bits per heavy atom. The zero-order valence-electron chi connectivity index (χ0n) is 19.7. The first-order valence-electron chi connectivity index (χ1n) is 11.4. The van der Waals surface area contributed by atoms with Crippen molar-refractivity contribution in [2.24, 2.45) is 5.73 Å². The van der Waals surface area contributed by atoms with Gasteiger partial charge in [0.1, 0.15) is 17.3 Å². The van der Waals surface area contributed by atoms with E-state index in [1.54, 1.807) is 17.0 Å². The maximum Gasteiger partial charge on any atom is 0.234 e. The fourth-order valence-corrected chi connectivity index (χ4v) is 6.52. The van der Waals surface area contributed by atoms with E-state index in [-0.39, 0.29) is 28.8 Å². The maximum absolute atomic E-state index is 13.1. The Morgan fingerprint density at radius 3 is 2.92 bits per heavy atom. The van der Waals surface area contributed by atoms with Crippen molar-refractivity contribution in [3.8, 4) is 6.07 Å². The minimum Gasteiger partial charge on any atom is -0.465 e. The third-order valence-electron chi connectivity index (χ3n) is 5.98. The molecule has 3 aromatic rings. The fraction of sp³-hybridized carbons (Fsp3) is 0.240. The van der Waals surface area contributed by atoms with Crippen molar-refractivity contribution in [1.82, 2.24) is 10.2 Å². The number of hydrogen-bond donors (Lipinski definition) is 2. The van der Waals surface area contributed by atoms with Crippen molar-refractivity contribution >= 4 is 61.5 Å². The van der Waals surface area contributed by atoms with E-state index in [0.717, 1.165) is 4.47 Å². The van der Waals surface area contributed by atoms with Crippen molar-refractivity contribution < 1.29 is 14.0 Å². The van der Waals surface area contributed by atoms with Crippen LogP contribution in [0.25, 0.3) is 0 Å². The van der Waals surface area contributed by atoms with Crippen LogP contribution in [0.4, 0.5) is 10.8 Å². The quantitative estimate of drug-likeness (QED) is 0.366. The summed E-state index contributed by atoms with van der Waals surface area (Å²) < 4.78 is 7.27. The lowest BCUT2D eigenvalue weighted by atomic mass is 9.78. The number of carbonyl (C=O) groups excluding carboxylic acids is 2. The summed E-state index contributed by atoms with van der Waals surface area (Å²) in [4.78, 5) is 27.2. The third kappa shape index (κ3) is 5.07. The van der Waals surface area contributed by atoms with Gasteiger partial charge in [-0.25, -0.2) is 0 Å². The van der Waals surface area contributed by atoms with Crippen LogP contribution in [-0.4, -0.2) is 27.6 Å². The number of rotatable bonds is 6. The predicted octanol–water partition coefficient (Wildman–Crippen LogP) is 5.24. The molecule has 0 radical (unpaired) electrons. The Kier molecular flexibility index (Phi) is 7.19. The number of halogens is 1. The Labute approximate surface area is 229 Å². The van der Waals surface area contributed by atoms with Crippen LogP contribution in [0.15, 0.2) is 72.3 Å². The number of amides is 1. The standard InChI is InChI=1S/C25H21BrN6O3S2/c1-13-8-9-19(35-13)21-16(11-27)23(28)32(17-6-3-7-18(33)22(17)21)24-30-31-25(37-24)36-12-20(34)29-15-5-2-4-14(26)10-15/h2,4-5,8-10,21H,3,6-7,12,28H2,1H3,(H,29,34). The Morgan fingerprint density at radius 2 is 2.19 bits per heavy atom. The highest BCUT2D eigenvalue weighted by atomic mass is 79.9. The van der Waals surface area contributed by atoms with Gasteiger partial charge in [-0.15, -0.1) is 10.2 Å². The molecule has 1 aliphatic heterocycles. The number of nitrogens with one attached hydrogen (secondary N) is 1. The molecular formula is C25H21BrN6O3S2. The van der Waals surface area contributed by atoms with Crippen LogP contribution in [0, 0.1) is 18.3 Å². The molecule has 188 valence electrons. The summed E-state index contributed by atoms with van der Waals surface area (Å²) in [5.74, 6) is 0.689. The summed E-state index contributed by atoms with van der Waals surface area (Å²) in [6.45, 7) is 1.81. The number of nitrogens with two attached hydrogens (primary N) is 1. The van der Waals surface area contributed by atoms with Crippen molar-refractivity contribution in [2.45, 2.75) is 36.4 Å². The van der Waals surface area contributed by atoms with Gasteiger partial charge in [0.2, 0.25) is 11.0 Å². The normalized spacial score (nSPS) is 17.6. The second kappa shape index (κ2) is 10.5. The van der Waals surface area contributed by atoms with Gasteiger partial charge in [0.05, 0.1) is 23.3 Å². The molecular weight excluding hydrogens is 576 g/mol. The summed E-state index contributed by atoms with van der Waals surface area (Å²) in [5, 5.41) is 21.9. The van der Waals surface area contributed by atoms with Crippen LogP contribution in [0.2, 0.25) is 0 Å². The number of furan rings is 1. The first kappa shape index (κ1) is 25.3. The topological polar surface area (TPSA) is 138 Å². The second-order valence-electron chi connectivity index (χ2n) is 8.46. The number of aryl methyl sites for hydroxylation is 1. The molecule has 0 spiro atoms. The van der Waals surface area contributed by atoms with E-state index < -0.39 is 5.92 Å². The number of Topliss-reactive ketones (excluding diaryl/α,β-unsaturated/α-hetero) is 1. The molecule has 1 unspecified atom stereocenters. The number of ketones is 1. The molecule has 1 aromatic carbocycles. The van der Waals surface area contributed by atoms with Gasteiger partial charge in [0.25, 0.3) is 0 Å². The average Bonchev–Trinajstić information content (AvgIpc) is 3.51. The van der Waals surface area contributed by atoms with E-state index >= 15 is 0 Å². The van der Waals surface area contributed by atoms with Crippen LogP contribution >= 0.6 is 39.0 Å². The molecule has 3 N–H and O–H groups in total. The highest BCUT2D eigenvalue weighted by molar-refractivity contribution is 9.10. The lowest BCUT2D eigenvalue weighted by Crippen LogP contribution is -2.38. The molecule has 5 rings (SSSR count). The summed E-state index contributed by atoms with van der Waals surface area (Å²) in [6.07, 6.45) is 1.67. The molecule has 0 saturated heterocycles. The van der Waals surface area contributed by atoms with Gasteiger partial charge in [-0.05, 0) is 50.1 Å². The van der Waals surface area contributed by atoms with E-state index in [9.17, 15) is 14.9 Å². The minimum absolute atomic E-state index is 0.0334. The van der Waals surface area contributed by atoms with Gasteiger partial charge in [-0.1, -0.05) is 45.1 Å². The zero-order chi connectivity index (χ0) is 26.1. The van der Waals surface area contributed by atoms with Crippen LogP contribution in [0.5, 0.6) is 0 Å². The highest BCUT2D eigenvalue weighted by Crippen LogP contribution is 2.47. The number of hydrogen-bond acceptors (Lipinski definition) is 10. The summed E-state index contributed by atoms with van der Waals surface area (Å²) in [7, 11) is 0. The van der Waals surface area contributed by atoms with Gasteiger partial charge in [0, 0.05) is 27.9 Å². The summed E-state index contributed by atoms with van der Waals surface area (Å²) >= 11 is 5.89. The molecule has 37 heavy (non-hydrogen) atoms. The largest absolute Gasteiger partial charge is 0.465 e. The molecule has 9 nitrogen and oxygen atoms in total. The number of anilines is 2. The number of benzene rings is 1. The molecule has 3 heterocycles. The van der Waals surface area contributed by atoms with E-state index in [1.165, 1.54) is 23.1 Å². The van der Waals surface area contributed by atoms with Gasteiger partial charge in [-0.3, -0.25) is 14.5 Å². The Balaban J connectivity index is 1.41. The first-order chi connectivity index (χ1) is 17.9. The van der Waals surface area contributed by atoms with Crippen LogP contribution in [0.3, 0.4) is 0 Å². The number of carbonyl (C=O) groups is 2. The Bertz CT molecular complexity index is 1500. The summed E-state index contributed by atoms with van der Waals surface area (Å²) in [6, 6.07) is 13.1. The molecule has 0 fully saturated rings. The van der Waals surface area contributed by atoms with Crippen LogP contribution in [0.1, 0.15) is 36.7 Å². The lowest BCUT2D eigenvalue weighted by molar-refractivity contribution is -0.116. The molecule has 12 heteroatoms. The smallest absolute Gasteiger partial charge is 0.234 e. The first-order valence-corrected chi connectivity index (χ1v) is 14.0. The minimum atomic E-state index is -0.652. The van der Waals surface area contributed by atoms with Crippen LogP contribution in [-0.2, 0) is 9.59 Å².